The highest BCUT2D eigenvalue weighted by Gasteiger charge is 2.29. The zero-order valence-electron chi connectivity index (χ0n) is 12.2. The van der Waals surface area contributed by atoms with Crippen LogP contribution in [0.5, 0.6) is 0 Å². The van der Waals surface area contributed by atoms with Crippen LogP contribution in [0.15, 0.2) is 47.5 Å². The molecule has 0 bridgehead atoms. The van der Waals surface area contributed by atoms with E-state index in [0.29, 0.717) is 46.9 Å². The van der Waals surface area contributed by atoms with Gasteiger partial charge in [0.05, 0.1) is 14.9 Å². The van der Waals surface area contributed by atoms with Crippen LogP contribution < -0.4 is 4.90 Å². The standard InChI is InChI=1S/C15H15Cl2N3O2S/c16-12-10-14(17)15(18-11-12)19-6-8-20(9-7-19)23(21,22)13-4-2-1-3-5-13/h1-5,10-11H,6-9H2. The van der Waals surface area contributed by atoms with Gasteiger partial charge >= 0.3 is 0 Å². The molecule has 0 radical (unpaired) electrons. The molecule has 0 spiro atoms. The first kappa shape index (κ1) is 16.5. The SMILES string of the molecule is O=S(=O)(c1ccccc1)N1CCN(c2ncc(Cl)cc2Cl)CC1. The molecule has 8 heteroatoms. The molecule has 1 aromatic heterocycles. The summed E-state index contributed by atoms with van der Waals surface area (Å²) in [4.78, 5) is 6.52. The summed E-state index contributed by atoms with van der Waals surface area (Å²) in [5, 5.41) is 0.945. The second-order valence-corrected chi connectivity index (χ2v) is 7.94. The number of sulfonamides is 1. The molecule has 0 atom stereocenters. The molecule has 23 heavy (non-hydrogen) atoms. The van der Waals surface area contributed by atoms with Crippen molar-refractivity contribution in [3.05, 3.63) is 52.6 Å². The zero-order valence-corrected chi connectivity index (χ0v) is 14.5. The number of hydrogen-bond donors (Lipinski definition) is 0. The summed E-state index contributed by atoms with van der Waals surface area (Å²) in [5.74, 6) is 0.632. The Morgan fingerprint density at radius 1 is 1.00 bits per heavy atom. The smallest absolute Gasteiger partial charge is 0.243 e. The summed E-state index contributed by atoms with van der Waals surface area (Å²) in [6.45, 7) is 1.83. The van der Waals surface area contributed by atoms with Crippen LogP contribution in [-0.4, -0.2) is 43.9 Å². The molecule has 0 N–H and O–H groups in total. The van der Waals surface area contributed by atoms with Gasteiger partial charge in [-0.25, -0.2) is 13.4 Å². The van der Waals surface area contributed by atoms with Gasteiger partial charge in [0, 0.05) is 32.4 Å². The van der Waals surface area contributed by atoms with Crippen LogP contribution in [0.1, 0.15) is 0 Å². The molecule has 1 saturated heterocycles. The Bertz CT molecular complexity index is 792. The minimum atomic E-state index is -3.45. The number of rotatable bonds is 3. The van der Waals surface area contributed by atoms with Gasteiger partial charge in [-0.1, -0.05) is 41.4 Å². The van der Waals surface area contributed by atoms with Gasteiger partial charge in [-0.05, 0) is 18.2 Å². The lowest BCUT2D eigenvalue weighted by molar-refractivity contribution is 0.384. The Kier molecular flexibility index (Phi) is 4.77. The molecular weight excluding hydrogens is 357 g/mol. The van der Waals surface area contributed by atoms with E-state index < -0.39 is 10.0 Å². The van der Waals surface area contributed by atoms with Crippen LogP contribution >= 0.6 is 23.2 Å². The van der Waals surface area contributed by atoms with Gasteiger partial charge in [0.1, 0.15) is 5.82 Å². The molecule has 0 saturated carbocycles. The fraction of sp³-hybridized carbons (Fsp3) is 0.267. The van der Waals surface area contributed by atoms with Crippen LogP contribution in [-0.2, 0) is 10.0 Å². The Morgan fingerprint density at radius 3 is 2.26 bits per heavy atom. The third-order valence-corrected chi connectivity index (χ3v) is 6.11. The topological polar surface area (TPSA) is 53.5 Å². The lowest BCUT2D eigenvalue weighted by Gasteiger charge is -2.35. The highest BCUT2D eigenvalue weighted by molar-refractivity contribution is 7.89. The van der Waals surface area contributed by atoms with E-state index in [4.69, 9.17) is 23.2 Å². The summed E-state index contributed by atoms with van der Waals surface area (Å²) >= 11 is 12.0. The molecule has 3 rings (SSSR count). The number of hydrogen-bond acceptors (Lipinski definition) is 4. The number of pyridine rings is 1. The van der Waals surface area contributed by atoms with Crippen LogP contribution in [0.3, 0.4) is 0 Å². The minimum absolute atomic E-state index is 0.316. The van der Waals surface area contributed by atoms with Gasteiger partial charge in [0.25, 0.3) is 0 Å². The molecule has 1 aliphatic heterocycles. The second-order valence-electron chi connectivity index (χ2n) is 5.16. The van der Waals surface area contributed by atoms with Crippen LogP contribution in [0, 0.1) is 0 Å². The van der Waals surface area contributed by atoms with Crippen LogP contribution in [0.4, 0.5) is 5.82 Å². The number of benzene rings is 1. The van der Waals surface area contributed by atoms with Crippen molar-refractivity contribution >= 4 is 39.0 Å². The summed E-state index contributed by atoms with van der Waals surface area (Å²) in [7, 11) is -3.45. The van der Waals surface area contributed by atoms with Gasteiger partial charge in [-0.15, -0.1) is 0 Å². The van der Waals surface area contributed by atoms with Crippen molar-refractivity contribution in [1.82, 2.24) is 9.29 Å². The Balaban J connectivity index is 1.74. The van der Waals surface area contributed by atoms with E-state index in [9.17, 15) is 8.42 Å². The molecule has 122 valence electrons. The fourth-order valence-corrected chi connectivity index (χ4v) is 4.46. The summed E-state index contributed by atoms with van der Waals surface area (Å²) in [6.07, 6.45) is 1.54. The van der Waals surface area contributed by atoms with Gasteiger partial charge in [0.2, 0.25) is 10.0 Å². The third-order valence-electron chi connectivity index (χ3n) is 3.71. The minimum Gasteiger partial charge on any atom is -0.353 e. The number of piperazine rings is 1. The molecule has 0 unspecified atom stereocenters. The van der Waals surface area contributed by atoms with E-state index in [1.165, 1.54) is 10.5 Å². The van der Waals surface area contributed by atoms with E-state index in [1.54, 1.807) is 36.4 Å². The van der Waals surface area contributed by atoms with Crippen molar-refractivity contribution in [2.45, 2.75) is 4.90 Å². The molecular formula is C15H15Cl2N3O2S. The molecule has 2 heterocycles. The zero-order chi connectivity index (χ0) is 16.4. The van der Waals surface area contributed by atoms with E-state index in [2.05, 4.69) is 4.98 Å². The van der Waals surface area contributed by atoms with Crippen molar-refractivity contribution in [3.63, 3.8) is 0 Å². The molecule has 5 nitrogen and oxygen atoms in total. The lowest BCUT2D eigenvalue weighted by Crippen LogP contribution is -2.49. The second kappa shape index (κ2) is 6.65. The fourth-order valence-electron chi connectivity index (χ4n) is 2.52. The van der Waals surface area contributed by atoms with Crippen molar-refractivity contribution < 1.29 is 8.42 Å². The third kappa shape index (κ3) is 3.45. The van der Waals surface area contributed by atoms with Gasteiger partial charge in [-0.3, -0.25) is 0 Å². The highest BCUT2D eigenvalue weighted by atomic mass is 35.5. The normalized spacial score (nSPS) is 16.5. The summed E-state index contributed by atoms with van der Waals surface area (Å²) < 4.78 is 26.7. The van der Waals surface area contributed by atoms with Gasteiger partial charge < -0.3 is 4.90 Å². The lowest BCUT2D eigenvalue weighted by atomic mass is 10.3. The molecule has 2 aromatic rings. The predicted octanol–water partition coefficient (Wildman–Crippen LogP) is 2.90. The van der Waals surface area contributed by atoms with Gasteiger partial charge in [0.15, 0.2) is 0 Å². The summed E-state index contributed by atoms with van der Waals surface area (Å²) in [6, 6.07) is 10.1. The van der Waals surface area contributed by atoms with E-state index in [1.807, 2.05) is 4.90 Å². The van der Waals surface area contributed by atoms with Gasteiger partial charge in [-0.2, -0.15) is 4.31 Å². The maximum absolute atomic E-state index is 12.6. The van der Waals surface area contributed by atoms with Crippen molar-refractivity contribution in [2.24, 2.45) is 0 Å². The summed E-state index contributed by atoms with van der Waals surface area (Å²) in [5.41, 5.74) is 0. The number of nitrogens with zero attached hydrogens (tertiary/aromatic N) is 3. The first-order chi connectivity index (χ1) is 11.0. The molecule has 1 aliphatic rings. The monoisotopic (exact) mass is 371 g/mol. The Labute approximate surface area is 145 Å². The Hall–Kier alpha value is -1.34. The molecule has 0 aliphatic carbocycles. The molecule has 1 aromatic carbocycles. The first-order valence-electron chi connectivity index (χ1n) is 7.10. The largest absolute Gasteiger partial charge is 0.353 e. The number of halogens is 2. The average molecular weight is 372 g/mol. The maximum Gasteiger partial charge on any atom is 0.243 e. The quantitative estimate of drug-likeness (QED) is 0.832. The highest BCUT2D eigenvalue weighted by Crippen LogP contribution is 2.27. The number of aromatic nitrogens is 1. The molecule has 1 fully saturated rings. The predicted molar refractivity (Wildman–Crippen MR) is 91.7 cm³/mol. The van der Waals surface area contributed by atoms with E-state index in [-0.39, 0.29) is 0 Å². The van der Waals surface area contributed by atoms with Crippen molar-refractivity contribution in [1.29, 1.82) is 0 Å². The van der Waals surface area contributed by atoms with Crippen LogP contribution in [0.25, 0.3) is 0 Å². The maximum atomic E-state index is 12.6. The average Bonchev–Trinajstić information content (AvgIpc) is 2.56. The Morgan fingerprint density at radius 2 is 1.65 bits per heavy atom. The van der Waals surface area contributed by atoms with Crippen molar-refractivity contribution in [3.8, 4) is 0 Å². The number of anilines is 1. The van der Waals surface area contributed by atoms with E-state index >= 15 is 0 Å². The van der Waals surface area contributed by atoms with E-state index in [0.717, 1.165) is 0 Å². The first-order valence-corrected chi connectivity index (χ1v) is 9.29. The van der Waals surface area contributed by atoms with Crippen molar-refractivity contribution in [2.75, 3.05) is 31.1 Å². The van der Waals surface area contributed by atoms with Crippen LogP contribution in [0.2, 0.25) is 10.0 Å². The molecule has 0 amide bonds.